The Hall–Kier alpha value is -2.28. The van der Waals surface area contributed by atoms with Crippen molar-refractivity contribution in [3.8, 4) is 10.6 Å². The van der Waals surface area contributed by atoms with Gasteiger partial charge in [-0.15, -0.1) is 11.3 Å². The number of aliphatic carboxylic acids is 1. The summed E-state index contributed by atoms with van der Waals surface area (Å²) in [5.41, 5.74) is 1.56. The van der Waals surface area contributed by atoms with Crippen molar-refractivity contribution in [1.82, 2.24) is 14.9 Å². The first kappa shape index (κ1) is 16.1. The lowest BCUT2D eigenvalue weighted by Crippen LogP contribution is -2.37. The van der Waals surface area contributed by atoms with Crippen LogP contribution in [0.4, 0.5) is 0 Å². The van der Waals surface area contributed by atoms with Gasteiger partial charge in [-0.25, -0.2) is 4.98 Å². The average molecular weight is 319 g/mol. The fourth-order valence-corrected chi connectivity index (χ4v) is 2.81. The SMILES string of the molecule is CCCN(CC(=O)O)C(=O)Cc1csc(-c2cccnc2)n1. The van der Waals surface area contributed by atoms with Gasteiger partial charge in [0.2, 0.25) is 5.91 Å². The molecule has 6 nitrogen and oxygen atoms in total. The molecule has 7 heteroatoms. The van der Waals surface area contributed by atoms with Crippen LogP contribution in [0.1, 0.15) is 19.0 Å². The van der Waals surface area contributed by atoms with Gasteiger partial charge in [0.05, 0.1) is 12.1 Å². The van der Waals surface area contributed by atoms with Gasteiger partial charge < -0.3 is 10.0 Å². The Morgan fingerprint density at radius 3 is 2.86 bits per heavy atom. The zero-order valence-corrected chi connectivity index (χ0v) is 13.0. The first-order valence-corrected chi connectivity index (χ1v) is 7.82. The third kappa shape index (κ3) is 4.36. The molecule has 116 valence electrons. The quantitative estimate of drug-likeness (QED) is 0.844. The van der Waals surface area contributed by atoms with Crippen LogP contribution in [-0.2, 0) is 16.0 Å². The molecule has 0 unspecified atom stereocenters. The topological polar surface area (TPSA) is 83.4 Å². The molecule has 0 aliphatic rings. The van der Waals surface area contributed by atoms with E-state index in [1.807, 2.05) is 24.4 Å². The van der Waals surface area contributed by atoms with E-state index < -0.39 is 5.97 Å². The fourth-order valence-electron chi connectivity index (χ4n) is 2.00. The van der Waals surface area contributed by atoms with Gasteiger partial charge in [-0.3, -0.25) is 14.6 Å². The van der Waals surface area contributed by atoms with Crippen LogP contribution >= 0.6 is 11.3 Å². The summed E-state index contributed by atoms with van der Waals surface area (Å²) >= 11 is 1.45. The van der Waals surface area contributed by atoms with Gasteiger partial charge in [0, 0.05) is 29.9 Å². The van der Waals surface area contributed by atoms with Crippen LogP contribution in [-0.4, -0.2) is 44.9 Å². The second-order valence-corrected chi connectivity index (χ2v) is 5.63. The molecule has 0 aliphatic carbocycles. The number of aromatic nitrogens is 2. The Morgan fingerprint density at radius 2 is 2.23 bits per heavy atom. The smallest absolute Gasteiger partial charge is 0.323 e. The van der Waals surface area contributed by atoms with Crippen molar-refractivity contribution in [3.05, 3.63) is 35.6 Å². The van der Waals surface area contributed by atoms with E-state index in [1.54, 1.807) is 12.4 Å². The summed E-state index contributed by atoms with van der Waals surface area (Å²) in [5, 5.41) is 11.5. The molecule has 0 aromatic carbocycles. The summed E-state index contributed by atoms with van der Waals surface area (Å²) in [4.78, 5) is 32.8. The molecular formula is C15H17N3O3S. The summed E-state index contributed by atoms with van der Waals surface area (Å²) in [7, 11) is 0. The number of hydrogen-bond acceptors (Lipinski definition) is 5. The lowest BCUT2D eigenvalue weighted by atomic mass is 10.2. The van der Waals surface area contributed by atoms with Crippen LogP contribution < -0.4 is 0 Å². The molecule has 2 rings (SSSR count). The van der Waals surface area contributed by atoms with Crippen LogP contribution in [0.5, 0.6) is 0 Å². The second kappa shape index (κ2) is 7.65. The number of hydrogen-bond donors (Lipinski definition) is 1. The molecule has 22 heavy (non-hydrogen) atoms. The monoisotopic (exact) mass is 319 g/mol. The van der Waals surface area contributed by atoms with Crippen molar-refractivity contribution < 1.29 is 14.7 Å². The maximum atomic E-state index is 12.2. The van der Waals surface area contributed by atoms with Gasteiger partial charge >= 0.3 is 5.97 Å². The standard InChI is InChI=1S/C15H17N3O3S/c1-2-6-18(9-14(20)21)13(19)7-12-10-22-15(17-12)11-4-3-5-16-8-11/h3-5,8,10H,2,6-7,9H2,1H3,(H,20,21). The molecule has 2 aromatic heterocycles. The minimum Gasteiger partial charge on any atom is -0.480 e. The van der Waals surface area contributed by atoms with Crippen molar-refractivity contribution in [2.24, 2.45) is 0 Å². The van der Waals surface area contributed by atoms with Crippen molar-refractivity contribution in [2.75, 3.05) is 13.1 Å². The summed E-state index contributed by atoms with van der Waals surface area (Å²) in [6.45, 7) is 2.07. The number of carbonyl (C=O) groups excluding carboxylic acids is 1. The number of thiazole rings is 1. The van der Waals surface area contributed by atoms with Gasteiger partial charge in [-0.05, 0) is 18.6 Å². The van der Waals surface area contributed by atoms with Gasteiger partial charge in [-0.1, -0.05) is 6.92 Å². The molecule has 0 atom stereocenters. The van der Waals surface area contributed by atoms with Gasteiger partial charge in [0.15, 0.2) is 0 Å². The Labute approximate surface area is 132 Å². The number of amides is 1. The predicted octanol–water partition coefficient (Wildman–Crippen LogP) is 2.07. The number of carboxylic acid groups (broad SMARTS) is 1. The van der Waals surface area contributed by atoms with E-state index in [1.165, 1.54) is 16.2 Å². The maximum absolute atomic E-state index is 12.2. The van der Waals surface area contributed by atoms with Gasteiger partial charge in [0.1, 0.15) is 11.6 Å². The third-order valence-electron chi connectivity index (χ3n) is 2.96. The Balaban J connectivity index is 2.05. The van der Waals surface area contributed by atoms with E-state index in [4.69, 9.17) is 5.11 Å². The first-order chi connectivity index (χ1) is 10.6. The van der Waals surface area contributed by atoms with Crippen LogP contribution in [0.3, 0.4) is 0 Å². The highest BCUT2D eigenvalue weighted by Gasteiger charge is 2.17. The van der Waals surface area contributed by atoms with Gasteiger partial charge in [-0.2, -0.15) is 0 Å². The first-order valence-electron chi connectivity index (χ1n) is 6.94. The van der Waals surface area contributed by atoms with E-state index in [9.17, 15) is 9.59 Å². The molecule has 0 saturated carbocycles. The molecule has 1 amide bonds. The molecule has 2 heterocycles. The number of rotatable bonds is 7. The summed E-state index contributed by atoms with van der Waals surface area (Å²) in [6, 6.07) is 3.74. The summed E-state index contributed by atoms with van der Waals surface area (Å²) in [5.74, 6) is -1.22. The molecule has 0 bridgehead atoms. The van der Waals surface area contributed by atoms with Gasteiger partial charge in [0.25, 0.3) is 0 Å². The molecule has 0 radical (unpaired) electrons. The number of nitrogens with zero attached hydrogens (tertiary/aromatic N) is 3. The number of carboxylic acids is 1. The van der Waals surface area contributed by atoms with E-state index in [2.05, 4.69) is 9.97 Å². The van der Waals surface area contributed by atoms with Crippen molar-refractivity contribution in [2.45, 2.75) is 19.8 Å². The molecule has 0 aliphatic heterocycles. The average Bonchev–Trinajstić information content (AvgIpc) is 2.96. The van der Waals surface area contributed by atoms with Crippen LogP contribution in [0.15, 0.2) is 29.9 Å². The molecule has 1 N–H and O–H groups in total. The van der Waals surface area contributed by atoms with Crippen LogP contribution in [0.25, 0.3) is 10.6 Å². The zero-order valence-electron chi connectivity index (χ0n) is 12.2. The molecule has 0 fully saturated rings. The van der Waals surface area contributed by atoms with E-state index in [-0.39, 0.29) is 18.9 Å². The highest BCUT2D eigenvalue weighted by molar-refractivity contribution is 7.13. The largest absolute Gasteiger partial charge is 0.480 e. The molecule has 0 saturated heterocycles. The van der Waals surface area contributed by atoms with Crippen LogP contribution in [0.2, 0.25) is 0 Å². The lowest BCUT2D eigenvalue weighted by molar-refractivity contribution is -0.144. The Bertz CT molecular complexity index is 642. The number of pyridine rings is 1. The lowest BCUT2D eigenvalue weighted by Gasteiger charge is -2.19. The van der Waals surface area contributed by atoms with Crippen molar-refractivity contribution in [3.63, 3.8) is 0 Å². The Kier molecular flexibility index (Phi) is 5.60. The summed E-state index contributed by atoms with van der Waals surface area (Å²) in [6.07, 6.45) is 4.25. The van der Waals surface area contributed by atoms with E-state index >= 15 is 0 Å². The fraction of sp³-hybridized carbons (Fsp3) is 0.333. The highest BCUT2D eigenvalue weighted by Crippen LogP contribution is 2.23. The van der Waals surface area contributed by atoms with Crippen LogP contribution in [0, 0.1) is 0 Å². The predicted molar refractivity (Wildman–Crippen MR) is 83.6 cm³/mol. The van der Waals surface area contributed by atoms with E-state index in [0.717, 1.165) is 17.0 Å². The van der Waals surface area contributed by atoms with Crippen molar-refractivity contribution in [1.29, 1.82) is 0 Å². The summed E-state index contributed by atoms with van der Waals surface area (Å²) < 4.78 is 0. The highest BCUT2D eigenvalue weighted by atomic mass is 32.1. The zero-order chi connectivity index (χ0) is 15.9. The van der Waals surface area contributed by atoms with Crippen molar-refractivity contribution >= 4 is 23.2 Å². The molecule has 2 aromatic rings. The molecular weight excluding hydrogens is 302 g/mol. The normalized spacial score (nSPS) is 10.4. The Morgan fingerprint density at radius 1 is 1.41 bits per heavy atom. The second-order valence-electron chi connectivity index (χ2n) is 4.77. The maximum Gasteiger partial charge on any atom is 0.323 e. The van der Waals surface area contributed by atoms with E-state index in [0.29, 0.717) is 12.2 Å². The molecule has 0 spiro atoms. The number of carbonyl (C=O) groups is 2. The minimum absolute atomic E-state index is 0.115. The minimum atomic E-state index is -1.00. The third-order valence-corrected chi connectivity index (χ3v) is 3.91.